The zero-order valence-electron chi connectivity index (χ0n) is 12.9. The highest BCUT2D eigenvalue weighted by atomic mass is 14.3. The fraction of sp³-hybridized carbons (Fsp3) is 0.353. The molecule has 0 amide bonds. The van der Waals surface area contributed by atoms with Gasteiger partial charge >= 0.3 is 0 Å². The van der Waals surface area contributed by atoms with Crippen molar-refractivity contribution in [1.82, 2.24) is 0 Å². The van der Waals surface area contributed by atoms with Gasteiger partial charge in [-0.2, -0.15) is 0 Å². The Bertz CT molecular complexity index is 315. The molecule has 102 valence electrons. The first-order chi connectivity index (χ1) is 8.65. The molecule has 0 radical (unpaired) electrons. The minimum absolute atomic E-state index is 0.890. The van der Waals surface area contributed by atoms with Crippen LogP contribution in [0, 0.1) is 5.41 Å². The maximum atomic E-state index is 7.05. The third kappa shape index (κ3) is 12.4. The van der Waals surface area contributed by atoms with Gasteiger partial charge in [-0.3, -0.25) is 0 Å². The number of allylic oxidation sites excluding steroid dienone is 8. The summed E-state index contributed by atoms with van der Waals surface area (Å²) >= 11 is 0. The summed E-state index contributed by atoms with van der Waals surface area (Å²) in [5.74, 6) is 0. The first kappa shape index (κ1) is 21.6. The van der Waals surface area contributed by atoms with Crippen LogP contribution in [-0.4, -0.2) is 6.21 Å². The Morgan fingerprint density at radius 1 is 1.11 bits per heavy atom. The van der Waals surface area contributed by atoms with Crippen molar-refractivity contribution >= 4 is 6.21 Å². The van der Waals surface area contributed by atoms with E-state index in [4.69, 9.17) is 5.41 Å². The van der Waals surface area contributed by atoms with Gasteiger partial charge in [0.25, 0.3) is 0 Å². The second-order valence-electron chi connectivity index (χ2n) is 2.90. The van der Waals surface area contributed by atoms with Crippen molar-refractivity contribution in [3.05, 3.63) is 60.3 Å². The molecule has 1 nitrogen and oxygen atoms in total. The van der Waals surface area contributed by atoms with E-state index in [0.717, 1.165) is 16.7 Å². The van der Waals surface area contributed by atoms with Gasteiger partial charge < -0.3 is 5.41 Å². The molecule has 0 bridgehead atoms. The van der Waals surface area contributed by atoms with E-state index in [1.165, 1.54) is 6.21 Å². The summed E-state index contributed by atoms with van der Waals surface area (Å²) in [6.07, 6.45) is 10.7. The quantitative estimate of drug-likeness (QED) is 0.463. The first-order valence-corrected chi connectivity index (χ1v) is 6.49. The second kappa shape index (κ2) is 17.8. The van der Waals surface area contributed by atoms with Crippen LogP contribution in [0.1, 0.15) is 41.5 Å². The van der Waals surface area contributed by atoms with Gasteiger partial charge in [0.05, 0.1) is 0 Å². The highest BCUT2D eigenvalue weighted by Gasteiger charge is 1.94. The van der Waals surface area contributed by atoms with E-state index in [0.29, 0.717) is 0 Å². The van der Waals surface area contributed by atoms with Crippen LogP contribution in [0.5, 0.6) is 0 Å². The van der Waals surface area contributed by atoms with Crippen LogP contribution in [0.15, 0.2) is 60.3 Å². The Morgan fingerprint density at radius 3 is 1.94 bits per heavy atom. The molecule has 0 heterocycles. The van der Waals surface area contributed by atoms with Gasteiger partial charge in [0.15, 0.2) is 0 Å². The van der Waals surface area contributed by atoms with E-state index in [9.17, 15) is 0 Å². The van der Waals surface area contributed by atoms with Crippen LogP contribution >= 0.6 is 0 Å². The van der Waals surface area contributed by atoms with Gasteiger partial charge in [-0.25, -0.2) is 0 Å². The fourth-order valence-corrected chi connectivity index (χ4v) is 0.960. The van der Waals surface area contributed by atoms with Gasteiger partial charge in [-0.1, -0.05) is 71.2 Å². The van der Waals surface area contributed by atoms with Crippen LogP contribution in [-0.2, 0) is 0 Å². The molecule has 0 aromatic rings. The van der Waals surface area contributed by atoms with Crippen molar-refractivity contribution in [2.45, 2.75) is 41.5 Å². The van der Waals surface area contributed by atoms with Crippen molar-refractivity contribution in [3.63, 3.8) is 0 Å². The standard InChI is InChI=1S/C13H17N.2C2H6/c1-5-7-8-13(6-2)12(4)9-11(3)10-14;2*1-2/h5-10,14H,1,4H2,2-3H3;2*1-2H3/b8-7-,11-9-,13-6+,14-10?;;. The molecule has 0 saturated carbocycles. The smallest absolute Gasteiger partial charge is 0.0207 e. The Morgan fingerprint density at radius 2 is 1.61 bits per heavy atom. The maximum Gasteiger partial charge on any atom is 0.0207 e. The fourth-order valence-electron chi connectivity index (χ4n) is 0.960. The summed E-state index contributed by atoms with van der Waals surface area (Å²) in [5.41, 5.74) is 2.85. The number of rotatable bonds is 5. The zero-order valence-corrected chi connectivity index (χ0v) is 12.9. The molecule has 0 rings (SSSR count). The molecule has 0 unspecified atom stereocenters. The van der Waals surface area contributed by atoms with Crippen LogP contribution in [0.3, 0.4) is 0 Å². The van der Waals surface area contributed by atoms with Crippen molar-refractivity contribution in [3.8, 4) is 0 Å². The summed E-state index contributed by atoms with van der Waals surface area (Å²) < 4.78 is 0. The predicted molar refractivity (Wildman–Crippen MR) is 87.5 cm³/mol. The van der Waals surface area contributed by atoms with E-state index in [1.54, 1.807) is 6.08 Å². The first-order valence-electron chi connectivity index (χ1n) is 6.49. The lowest BCUT2D eigenvalue weighted by Crippen LogP contribution is -1.83. The van der Waals surface area contributed by atoms with Gasteiger partial charge in [-0.15, -0.1) is 0 Å². The molecule has 1 heteroatoms. The van der Waals surface area contributed by atoms with E-state index >= 15 is 0 Å². The van der Waals surface area contributed by atoms with Gasteiger partial charge in [-0.05, 0) is 30.6 Å². The Labute approximate surface area is 114 Å². The van der Waals surface area contributed by atoms with E-state index < -0.39 is 0 Å². The summed E-state index contributed by atoms with van der Waals surface area (Å²) in [5, 5.41) is 7.05. The lowest BCUT2D eigenvalue weighted by Gasteiger charge is -2.01. The highest BCUT2D eigenvalue weighted by molar-refractivity contribution is 5.76. The SMILES string of the molecule is C=C/C=C\C(=C/C)C(=C)/C=C(/C)C=N.CC.CC. The van der Waals surface area contributed by atoms with E-state index in [-0.39, 0.29) is 0 Å². The molecule has 0 aromatic carbocycles. The number of hydrogen-bond acceptors (Lipinski definition) is 1. The summed E-state index contributed by atoms with van der Waals surface area (Å²) in [6.45, 7) is 19.4. The van der Waals surface area contributed by atoms with E-state index in [1.807, 2.05) is 65.8 Å². The lowest BCUT2D eigenvalue weighted by molar-refractivity contribution is 1.46. The third-order valence-electron chi connectivity index (χ3n) is 1.72. The average molecular weight is 247 g/mol. The minimum atomic E-state index is 0.890. The molecule has 0 fully saturated rings. The summed E-state index contributed by atoms with van der Waals surface area (Å²) in [7, 11) is 0. The van der Waals surface area contributed by atoms with Crippen LogP contribution < -0.4 is 0 Å². The largest absolute Gasteiger partial charge is 0.308 e. The molecule has 0 aliphatic carbocycles. The van der Waals surface area contributed by atoms with Crippen molar-refractivity contribution in [2.75, 3.05) is 0 Å². The van der Waals surface area contributed by atoms with Crippen molar-refractivity contribution in [1.29, 1.82) is 5.41 Å². The van der Waals surface area contributed by atoms with Crippen LogP contribution in [0.2, 0.25) is 0 Å². The molecule has 0 aromatic heterocycles. The Balaban J connectivity index is -0.000000506. The average Bonchev–Trinajstić information content (AvgIpc) is 2.44. The molecule has 0 aliphatic rings. The molecule has 0 aliphatic heterocycles. The number of hydrogen-bond donors (Lipinski definition) is 1. The molecule has 0 saturated heterocycles. The zero-order chi connectivity index (χ0) is 15.0. The highest BCUT2D eigenvalue weighted by Crippen LogP contribution is 2.12. The molecule has 18 heavy (non-hydrogen) atoms. The van der Waals surface area contributed by atoms with Crippen molar-refractivity contribution in [2.24, 2.45) is 0 Å². The van der Waals surface area contributed by atoms with Gasteiger partial charge in [0.2, 0.25) is 0 Å². The monoisotopic (exact) mass is 247 g/mol. The topological polar surface area (TPSA) is 23.9 Å². The summed E-state index contributed by atoms with van der Waals surface area (Å²) in [4.78, 5) is 0. The molecule has 0 atom stereocenters. The van der Waals surface area contributed by atoms with Crippen molar-refractivity contribution < 1.29 is 0 Å². The number of nitrogens with one attached hydrogen (secondary N) is 1. The Hall–Kier alpha value is -1.63. The Kier molecular flexibility index (Phi) is 21.3. The van der Waals surface area contributed by atoms with Gasteiger partial charge in [0.1, 0.15) is 0 Å². The van der Waals surface area contributed by atoms with E-state index in [2.05, 4.69) is 13.2 Å². The maximum absolute atomic E-state index is 7.05. The second-order valence-corrected chi connectivity index (χ2v) is 2.90. The molecular formula is C17H29N. The van der Waals surface area contributed by atoms with Crippen LogP contribution in [0.4, 0.5) is 0 Å². The predicted octanol–water partition coefficient (Wildman–Crippen LogP) is 5.88. The van der Waals surface area contributed by atoms with Crippen LogP contribution in [0.25, 0.3) is 0 Å². The molecule has 0 spiro atoms. The normalized spacial score (nSPS) is 10.8. The molecular weight excluding hydrogens is 218 g/mol. The minimum Gasteiger partial charge on any atom is -0.308 e. The van der Waals surface area contributed by atoms with Gasteiger partial charge in [0, 0.05) is 6.21 Å². The third-order valence-corrected chi connectivity index (χ3v) is 1.72. The molecule has 1 N–H and O–H groups in total. The summed E-state index contributed by atoms with van der Waals surface area (Å²) in [6, 6.07) is 0. The lowest BCUT2D eigenvalue weighted by atomic mass is 10.0.